The number of hydrogen-bond donors (Lipinski definition) is 3. The van der Waals surface area contributed by atoms with Crippen LogP contribution in [0.25, 0.3) is 21.3 Å². The lowest BCUT2D eigenvalue weighted by Gasteiger charge is -2.10. The molecule has 4 rings (SSSR count). The summed E-state index contributed by atoms with van der Waals surface area (Å²) >= 11 is 1.19. The van der Waals surface area contributed by atoms with Crippen molar-refractivity contribution in [1.29, 1.82) is 5.26 Å². The average Bonchev–Trinajstić information content (AvgIpc) is 3.14. The summed E-state index contributed by atoms with van der Waals surface area (Å²) in [7, 11) is 0. The molecule has 0 fully saturated rings. The van der Waals surface area contributed by atoms with Crippen LogP contribution in [-0.2, 0) is 12.8 Å². The van der Waals surface area contributed by atoms with Gasteiger partial charge in [0.25, 0.3) is 5.91 Å². The lowest BCUT2D eigenvalue weighted by Crippen LogP contribution is -2.25. The molecule has 0 aliphatic heterocycles. The number of benzene rings is 2. The van der Waals surface area contributed by atoms with Crippen molar-refractivity contribution in [2.75, 3.05) is 18.0 Å². The fraction of sp³-hybridized carbons (Fsp3) is 0.160. The predicted molar refractivity (Wildman–Crippen MR) is 130 cm³/mol. The van der Waals surface area contributed by atoms with Gasteiger partial charge in [-0.3, -0.25) is 4.79 Å². The Labute approximate surface area is 190 Å². The van der Waals surface area contributed by atoms with E-state index in [9.17, 15) is 10.1 Å². The molecular weight excluding hydrogens is 418 g/mol. The van der Waals surface area contributed by atoms with E-state index in [0.29, 0.717) is 32.9 Å². The third-order valence-corrected chi connectivity index (χ3v) is 6.51. The highest BCUT2D eigenvalue weighted by Crippen LogP contribution is 2.42. The number of thiophene rings is 1. The van der Waals surface area contributed by atoms with Crippen LogP contribution in [0.3, 0.4) is 0 Å². The fourth-order valence-electron chi connectivity index (χ4n) is 3.69. The molecule has 2 aromatic heterocycles. The van der Waals surface area contributed by atoms with Gasteiger partial charge in [0.2, 0.25) is 0 Å². The molecular formula is C25H23N5OS. The fourth-order valence-corrected chi connectivity index (χ4v) is 4.72. The number of pyridine rings is 1. The van der Waals surface area contributed by atoms with E-state index < -0.39 is 0 Å². The van der Waals surface area contributed by atoms with Crippen molar-refractivity contribution < 1.29 is 4.79 Å². The molecule has 32 heavy (non-hydrogen) atoms. The molecule has 0 unspecified atom stereocenters. The second kappa shape index (κ2) is 9.08. The molecule has 160 valence electrons. The Hall–Kier alpha value is -3.89. The number of anilines is 2. The molecule has 0 atom stereocenters. The number of amides is 1. The summed E-state index contributed by atoms with van der Waals surface area (Å²) in [5, 5.41) is 13.3. The van der Waals surface area contributed by atoms with Gasteiger partial charge in [-0.25, -0.2) is 4.98 Å². The number of aromatic nitrogens is 1. The summed E-state index contributed by atoms with van der Waals surface area (Å²) in [6, 6.07) is 20.0. The molecule has 0 aliphatic carbocycles. The first-order valence-corrected chi connectivity index (χ1v) is 11.2. The summed E-state index contributed by atoms with van der Waals surface area (Å²) in [6.45, 7) is 2.57. The van der Waals surface area contributed by atoms with Crippen LogP contribution in [0.4, 0.5) is 11.5 Å². The number of carbonyl (C=O) groups is 1. The molecule has 5 N–H and O–H groups in total. The molecule has 0 saturated heterocycles. The van der Waals surface area contributed by atoms with Gasteiger partial charge in [-0.2, -0.15) is 5.26 Å². The van der Waals surface area contributed by atoms with E-state index in [0.717, 1.165) is 24.0 Å². The van der Waals surface area contributed by atoms with E-state index in [2.05, 4.69) is 23.3 Å². The van der Waals surface area contributed by atoms with Crippen molar-refractivity contribution in [1.82, 2.24) is 10.3 Å². The summed E-state index contributed by atoms with van der Waals surface area (Å²) < 4.78 is 0. The van der Waals surface area contributed by atoms with Crippen molar-refractivity contribution in [2.45, 2.75) is 19.8 Å². The van der Waals surface area contributed by atoms with Gasteiger partial charge in [-0.15, -0.1) is 11.3 Å². The van der Waals surface area contributed by atoms with Crippen LogP contribution in [0, 0.1) is 11.3 Å². The minimum absolute atomic E-state index is 0.131. The third kappa shape index (κ3) is 4.01. The molecule has 2 aromatic carbocycles. The van der Waals surface area contributed by atoms with Gasteiger partial charge in [0.15, 0.2) is 0 Å². The zero-order valence-corrected chi connectivity index (χ0v) is 18.5. The van der Waals surface area contributed by atoms with Gasteiger partial charge >= 0.3 is 0 Å². The zero-order valence-electron chi connectivity index (χ0n) is 17.7. The normalized spacial score (nSPS) is 10.8. The van der Waals surface area contributed by atoms with Crippen molar-refractivity contribution in [3.63, 3.8) is 0 Å². The number of aryl methyl sites for hydroxylation is 1. The van der Waals surface area contributed by atoms with Gasteiger partial charge in [-0.05, 0) is 29.5 Å². The molecule has 1 amide bonds. The van der Waals surface area contributed by atoms with Crippen molar-refractivity contribution in [3.8, 4) is 17.2 Å². The summed E-state index contributed by atoms with van der Waals surface area (Å²) in [5.41, 5.74) is 16.9. The molecule has 0 aliphatic rings. The van der Waals surface area contributed by atoms with E-state index in [1.165, 1.54) is 16.9 Å². The van der Waals surface area contributed by atoms with E-state index >= 15 is 0 Å². The number of nitrogens with two attached hydrogens (primary N) is 2. The van der Waals surface area contributed by atoms with Crippen LogP contribution >= 0.6 is 11.3 Å². The first-order chi connectivity index (χ1) is 15.5. The van der Waals surface area contributed by atoms with Crippen LogP contribution in [0.2, 0.25) is 0 Å². The first kappa shape index (κ1) is 21.3. The molecule has 6 nitrogen and oxygen atoms in total. The highest BCUT2D eigenvalue weighted by molar-refractivity contribution is 7.21. The minimum atomic E-state index is -0.259. The molecule has 2 heterocycles. The second-order valence-electron chi connectivity index (χ2n) is 7.43. The van der Waals surface area contributed by atoms with Crippen molar-refractivity contribution in [3.05, 3.63) is 76.2 Å². The highest BCUT2D eigenvalue weighted by atomic mass is 32.1. The van der Waals surface area contributed by atoms with Crippen LogP contribution < -0.4 is 16.8 Å². The lowest BCUT2D eigenvalue weighted by atomic mass is 9.96. The SMILES string of the molecule is CCc1ccc(-c2c(C#N)c(N)nc3sc(C(=O)NCCc4ccccc4)c(N)c23)cc1. The Morgan fingerprint density at radius 2 is 1.81 bits per heavy atom. The number of nitrogens with one attached hydrogen (secondary N) is 1. The van der Waals surface area contributed by atoms with Crippen LogP contribution in [-0.4, -0.2) is 17.4 Å². The Balaban J connectivity index is 1.72. The smallest absolute Gasteiger partial charge is 0.263 e. The van der Waals surface area contributed by atoms with Gasteiger partial charge in [-0.1, -0.05) is 61.5 Å². The number of nitrogens with zero attached hydrogens (tertiary/aromatic N) is 2. The monoisotopic (exact) mass is 441 g/mol. The standard InChI is InChI=1S/C25H23N5OS/c1-2-15-8-10-17(11-9-15)19-18(14-26)23(28)30-25-20(19)21(27)22(32-25)24(31)29-13-12-16-6-4-3-5-7-16/h3-11H,2,12-13,27H2,1H3,(H2,28,30)(H,29,31). The summed E-state index contributed by atoms with van der Waals surface area (Å²) in [5.74, 6) is -0.127. The van der Waals surface area contributed by atoms with Gasteiger partial charge < -0.3 is 16.8 Å². The number of hydrogen-bond acceptors (Lipinski definition) is 6. The van der Waals surface area contributed by atoms with E-state index in [-0.39, 0.29) is 17.3 Å². The summed E-state index contributed by atoms with van der Waals surface area (Å²) in [6.07, 6.45) is 1.63. The predicted octanol–water partition coefficient (Wildman–Crippen LogP) is 4.53. The number of nitrogen functional groups attached to an aromatic ring is 2. The van der Waals surface area contributed by atoms with Gasteiger partial charge in [0.1, 0.15) is 27.2 Å². The summed E-state index contributed by atoms with van der Waals surface area (Å²) in [4.78, 5) is 18.2. The number of nitriles is 1. The maximum Gasteiger partial charge on any atom is 0.263 e. The quantitative estimate of drug-likeness (QED) is 0.406. The maximum atomic E-state index is 12.9. The molecule has 0 spiro atoms. The second-order valence-corrected chi connectivity index (χ2v) is 8.42. The molecule has 0 saturated carbocycles. The highest BCUT2D eigenvalue weighted by Gasteiger charge is 2.24. The molecule has 7 heteroatoms. The molecule has 0 radical (unpaired) electrons. The number of fused-ring (bicyclic) bond motifs is 1. The Morgan fingerprint density at radius 3 is 2.47 bits per heavy atom. The van der Waals surface area contributed by atoms with Gasteiger partial charge in [0.05, 0.1) is 5.69 Å². The van der Waals surface area contributed by atoms with E-state index in [1.807, 2.05) is 54.6 Å². The van der Waals surface area contributed by atoms with Crippen LogP contribution in [0.5, 0.6) is 0 Å². The Kier molecular flexibility index (Phi) is 6.06. The molecule has 0 bridgehead atoms. The Morgan fingerprint density at radius 1 is 1.09 bits per heavy atom. The van der Waals surface area contributed by atoms with Gasteiger partial charge in [0, 0.05) is 17.5 Å². The topological polar surface area (TPSA) is 118 Å². The van der Waals surface area contributed by atoms with E-state index in [1.54, 1.807) is 0 Å². The van der Waals surface area contributed by atoms with Crippen LogP contribution in [0.1, 0.15) is 33.3 Å². The number of rotatable bonds is 6. The first-order valence-electron chi connectivity index (χ1n) is 10.4. The lowest BCUT2D eigenvalue weighted by molar-refractivity contribution is 0.0959. The number of carbonyl (C=O) groups excluding carboxylic acids is 1. The van der Waals surface area contributed by atoms with Crippen molar-refractivity contribution in [2.24, 2.45) is 0 Å². The van der Waals surface area contributed by atoms with Crippen molar-refractivity contribution >= 4 is 39.0 Å². The maximum absolute atomic E-state index is 12.9. The Bertz CT molecular complexity index is 1320. The zero-order chi connectivity index (χ0) is 22.7. The van der Waals surface area contributed by atoms with E-state index in [4.69, 9.17) is 11.5 Å². The van der Waals surface area contributed by atoms with Crippen LogP contribution in [0.15, 0.2) is 54.6 Å². The third-order valence-electron chi connectivity index (χ3n) is 5.42. The largest absolute Gasteiger partial charge is 0.397 e. The average molecular weight is 442 g/mol. The molecule has 4 aromatic rings. The minimum Gasteiger partial charge on any atom is -0.397 e.